The van der Waals surface area contributed by atoms with E-state index in [0.717, 1.165) is 13.1 Å². The van der Waals surface area contributed by atoms with Gasteiger partial charge in [-0.05, 0) is 42.2 Å². The van der Waals surface area contributed by atoms with Gasteiger partial charge in [-0.1, -0.05) is 0 Å². The molecule has 1 amide bonds. The van der Waals surface area contributed by atoms with Crippen molar-refractivity contribution in [2.45, 2.75) is 6.42 Å². The first-order valence-electron chi connectivity index (χ1n) is 9.91. The number of carbonyl (C=O) groups is 1. The average molecular weight is 416 g/mol. The molecular weight excluding hydrogens is 394 g/mol. The number of rotatable bonds is 6. The molecule has 0 spiro atoms. The fraction of sp³-hybridized carbons (Fsp3) is 0.429. The molecule has 4 rings (SSSR count). The summed E-state index contributed by atoms with van der Waals surface area (Å²) in [6.07, 6.45) is -0.168. The zero-order chi connectivity index (χ0) is 21.3. The Balaban J connectivity index is 1.49. The molecule has 2 aliphatic heterocycles. The number of nitrogens with zero attached hydrogens (tertiary/aromatic N) is 4. The second-order valence-electron chi connectivity index (χ2n) is 7.87. The number of amides is 1. The van der Waals surface area contributed by atoms with Crippen molar-refractivity contribution in [3.63, 3.8) is 0 Å². The summed E-state index contributed by atoms with van der Waals surface area (Å²) >= 11 is 0. The first-order chi connectivity index (χ1) is 14.4. The number of pyridine rings is 1. The standard InChI is InChI=1S/C21H22F2N4O3/c22-7-8-25-10-15-12-26(13-16(15)11-25)21(28)9-19-20(27(29)30)6-5-18(24-19)14-1-3-17(23)4-2-14/h1-6,15-16H,7-13H2. The normalized spacial score (nSPS) is 21.1. The van der Waals surface area contributed by atoms with Gasteiger partial charge in [0, 0.05) is 44.4 Å². The molecule has 30 heavy (non-hydrogen) atoms. The predicted molar refractivity (Wildman–Crippen MR) is 106 cm³/mol. The van der Waals surface area contributed by atoms with Crippen molar-refractivity contribution in [3.05, 3.63) is 58.0 Å². The van der Waals surface area contributed by atoms with Crippen molar-refractivity contribution in [3.8, 4) is 11.3 Å². The van der Waals surface area contributed by atoms with E-state index >= 15 is 0 Å². The average Bonchev–Trinajstić information content (AvgIpc) is 3.27. The van der Waals surface area contributed by atoms with Crippen LogP contribution in [0.1, 0.15) is 5.69 Å². The van der Waals surface area contributed by atoms with Gasteiger partial charge in [0.1, 0.15) is 18.2 Å². The molecule has 2 aromatic rings. The van der Waals surface area contributed by atoms with Gasteiger partial charge in [-0.25, -0.2) is 13.8 Å². The van der Waals surface area contributed by atoms with Crippen molar-refractivity contribution in [2.75, 3.05) is 39.4 Å². The lowest BCUT2D eigenvalue weighted by Gasteiger charge is -2.20. The van der Waals surface area contributed by atoms with Crippen LogP contribution in [-0.4, -0.2) is 65.0 Å². The van der Waals surface area contributed by atoms with Gasteiger partial charge in [-0.3, -0.25) is 14.9 Å². The highest BCUT2D eigenvalue weighted by atomic mass is 19.1. The molecule has 2 aliphatic rings. The summed E-state index contributed by atoms with van der Waals surface area (Å²) in [5.74, 6) is 0.0389. The monoisotopic (exact) mass is 416 g/mol. The zero-order valence-electron chi connectivity index (χ0n) is 16.3. The van der Waals surface area contributed by atoms with Crippen LogP contribution in [0.25, 0.3) is 11.3 Å². The molecule has 9 heteroatoms. The van der Waals surface area contributed by atoms with E-state index in [1.54, 1.807) is 17.0 Å². The van der Waals surface area contributed by atoms with Gasteiger partial charge in [-0.2, -0.15) is 0 Å². The van der Waals surface area contributed by atoms with E-state index in [1.165, 1.54) is 24.3 Å². The van der Waals surface area contributed by atoms with E-state index in [0.29, 0.717) is 42.7 Å². The van der Waals surface area contributed by atoms with Gasteiger partial charge >= 0.3 is 0 Å². The van der Waals surface area contributed by atoms with Crippen LogP contribution in [0.15, 0.2) is 36.4 Å². The molecule has 2 saturated heterocycles. The summed E-state index contributed by atoms with van der Waals surface area (Å²) in [5, 5.41) is 11.4. The molecule has 2 fully saturated rings. The summed E-state index contributed by atoms with van der Waals surface area (Å²) in [5.41, 5.74) is 0.956. The van der Waals surface area contributed by atoms with Crippen LogP contribution in [0.4, 0.5) is 14.5 Å². The molecule has 3 heterocycles. The Morgan fingerprint density at radius 1 is 1.10 bits per heavy atom. The number of nitro groups is 1. The summed E-state index contributed by atoms with van der Waals surface area (Å²) in [6.45, 7) is 2.76. The number of benzene rings is 1. The van der Waals surface area contributed by atoms with Crippen LogP contribution < -0.4 is 0 Å². The molecule has 1 aromatic carbocycles. The third-order valence-electron chi connectivity index (χ3n) is 5.92. The number of aromatic nitrogens is 1. The Morgan fingerprint density at radius 3 is 2.37 bits per heavy atom. The molecular formula is C21H22F2N4O3. The zero-order valence-corrected chi connectivity index (χ0v) is 16.3. The van der Waals surface area contributed by atoms with Crippen molar-refractivity contribution in [1.82, 2.24) is 14.8 Å². The molecule has 0 saturated carbocycles. The lowest BCUT2D eigenvalue weighted by atomic mass is 10.0. The molecule has 0 N–H and O–H groups in total. The van der Waals surface area contributed by atoms with E-state index in [9.17, 15) is 23.7 Å². The minimum absolute atomic E-state index is 0.0999. The fourth-order valence-electron chi connectivity index (χ4n) is 4.42. The first-order valence-corrected chi connectivity index (χ1v) is 9.91. The van der Waals surface area contributed by atoms with Gasteiger partial charge in [0.05, 0.1) is 17.0 Å². The van der Waals surface area contributed by atoms with E-state index in [-0.39, 0.29) is 36.2 Å². The molecule has 1 aromatic heterocycles. The van der Waals surface area contributed by atoms with Crippen LogP contribution in [0.5, 0.6) is 0 Å². The van der Waals surface area contributed by atoms with Crippen LogP contribution >= 0.6 is 0 Å². The first kappa shape index (κ1) is 20.3. The van der Waals surface area contributed by atoms with Gasteiger partial charge in [-0.15, -0.1) is 0 Å². The van der Waals surface area contributed by atoms with E-state index in [4.69, 9.17) is 0 Å². The minimum Gasteiger partial charge on any atom is -0.342 e. The maximum Gasteiger partial charge on any atom is 0.291 e. The van der Waals surface area contributed by atoms with Gasteiger partial charge in [0.25, 0.3) is 5.69 Å². The number of alkyl halides is 1. The van der Waals surface area contributed by atoms with Gasteiger partial charge in [0.15, 0.2) is 0 Å². The summed E-state index contributed by atoms with van der Waals surface area (Å²) in [7, 11) is 0. The Morgan fingerprint density at radius 2 is 1.77 bits per heavy atom. The van der Waals surface area contributed by atoms with E-state index in [1.807, 2.05) is 0 Å². The number of likely N-dealkylation sites (tertiary alicyclic amines) is 2. The van der Waals surface area contributed by atoms with E-state index in [2.05, 4.69) is 9.88 Å². The summed E-state index contributed by atoms with van der Waals surface area (Å²) in [6, 6.07) is 8.50. The Labute approximate surface area is 172 Å². The maximum absolute atomic E-state index is 13.2. The largest absolute Gasteiger partial charge is 0.342 e. The van der Waals surface area contributed by atoms with Crippen molar-refractivity contribution < 1.29 is 18.5 Å². The topological polar surface area (TPSA) is 79.6 Å². The Hall–Kier alpha value is -2.94. The highest BCUT2D eigenvalue weighted by Crippen LogP contribution is 2.32. The number of hydrogen-bond donors (Lipinski definition) is 0. The fourth-order valence-corrected chi connectivity index (χ4v) is 4.42. The number of hydrogen-bond acceptors (Lipinski definition) is 5. The smallest absolute Gasteiger partial charge is 0.291 e. The number of halogens is 2. The third kappa shape index (κ3) is 4.16. The molecule has 2 unspecified atom stereocenters. The highest BCUT2D eigenvalue weighted by Gasteiger charge is 2.41. The van der Waals surface area contributed by atoms with Gasteiger partial charge in [0.2, 0.25) is 5.91 Å². The molecule has 0 radical (unpaired) electrons. The predicted octanol–water partition coefficient (Wildman–Crippen LogP) is 2.70. The molecule has 7 nitrogen and oxygen atoms in total. The highest BCUT2D eigenvalue weighted by molar-refractivity contribution is 5.80. The number of fused-ring (bicyclic) bond motifs is 1. The molecule has 2 atom stereocenters. The van der Waals surface area contributed by atoms with Crippen LogP contribution in [-0.2, 0) is 11.2 Å². The van der Waals surface area contributed by atoms with Crippen LogP contribution in [0.2, 0.25) is 0 Å². The SMILES string of the molecule is O=C(Cc1nc(-c2ccc(F)cc2)ccc1[N+](=O)[O-])N1CC2CN(CCF)CC2C1. The Kier molecular flexibility index (Phi) is 5.72. The Bertz CT molecular complexity index is 940. The minimum atomic E-state index is -0.544. The van der Waals surface area contributed by atoms with Gasteiger partial charge < -0.3 is 9.80 Å². The van der Waals surface area contributed by atoms with E-state index < -0.39 is 4.92 Å². The lowest BCUT2D eigenvalue weighted by Crippen LogP contribution is -2.35. The molecule has 0 bridgehead atoms. The van der Waals surface area contributed by atoms with Crippen molar-refractivity contribution in [2.24, 2.45) is 11.8 Å². The number of carbonyl (C=O) groups excluding carboxylic acids is 1. The molecule has 158 valence electrons. The quantitative estimate of drug-likeness (QED) is 0.534. The summed E-state index contributed by atoms with van der Waals surface area (Å²) < 4.78 is 25.7. The van der Waals surface area contributed by atoms with Crippen LogP contribution in [0, 0.1) is 27.8 Å². The van der Waals surface area contributed by atoms with Crippen LogP contribution in [0.3, 0.4) is 0 Å². The van der Waals surface area contributed by atoms with Crippen molar-refractivity contribution in [1.29, 1.82) is 0 Å². The lowest BCUT2D eigenvalue weighted by molar-refractivity contribution is -0.385. The van der Waals surface area contributed by atoms with Crippen molar-refractivity contribution >= 4 is 11.6 Å². The second-order valence-corrected chi connectivity index (χ2v) is 7.87. The molecule has 0 aliphatic carbocycles. The maximum atomic E-state index is 13.2. The summed E-state index contributed by atoms with van der Waals surface area (Å²) in [4.78, 5) is 31.9. The second kappa shape index (κ2) is 8.43. The third-order valence-corrected chi connectivity index (χ3v) is 5.92.